The Bertz CT molecular complexity index is 1490. The molecule has 0 atom stereocenters. The van der Waals surface area contributed by atoms with Gasteiger partial charge in [0.2, 0.25) is 0 Å². The number of aromatic nitrogens is 4. The molecule has 0 aliphatic carbocycles. The van der Waals surface area contributed by atoms with Crippen molar-refractivity contribution < 1.29 is 9.72 Å². The predicted octanol–water partition coefficient (Wildman–Crippen LogP) is 4.62. The normalized spacial score (nSPS) is 10.8. The van der Waals surface area contributed by atoms with Gasteiger partial charge in [0.05, 0.1) is 28.9 Å². The van der Waals surface area contributed by atoms with Crippen LogP contribution in [0.5, 0.6) is 0 Å². The molecule has 0 radical (unpaired) electrons. The molecule has 0 saturated carbocycles. The lowest BCUT2D eigenvalue weighted by molar-refractivity contribution is -0.384. The van der Waals surface area contributed by atoms with Gasteiger partial charge in [-0.05, 0) is 40.5 Å². The highest BCUT2D eigenvalue weighted by Crippen LogP contribution is 2.24. The number of benzene rings is 3. The predicted molar refractivity (Wildman–Crippen MR) is 135 cm³/mol. The highest BCUT2D eigenvalue weighted by molar-refractivity contribution is 5.93. The Balaban J connectivity index is 1.26. The first kappa shape index (κ1) is 22.7. The van der Waals surface area contributed by atoms with Crippen LogP contribution in [-0.4, -0.2) is 30.4 Å². The number of carbonyl (C=O) groups excluding carboxylic acids is 1. The number of rotatable bonds is 8. The SMILES string of the molecule is O=C(NCc1ccccc1-c1ccc(Cn2cccn2)cc1)c1cnn(-c2ccc([N+](=O)[O-])cc2)c1. The minimum Gasteiger partial charge on any atom is -0.348 e. The van der Waals surface area contributed by atoms with Crippen LogP contribution in [0.15, 0.2) is 104 Å². The monoisotopic (exact) mass is 478 g/mol. The van der Waals surface area contributed by atoms with E-state index in [1.807, 2.05) is 41.2 Å². The molecule has 0 saturated heterocycles. The molecule has 178 valence electrons. The molecule has 1 amide bonds. The Labute approximate surface area is 206 Å². The van der Waals surface area contributed by atoms with E-state index in [-0.39, 0.29) is 11.6 Å². The average Bonchev–Trinajstić information content (AvgIpc) is 3.61. The second-order valence-corrected chi connectivity index (χ2v) is 8.19. The lowest BCUT2D eigenvalue weighted by Crippen LogP contribution is -2.22. The number of nitro benzene ring substituents is 1. The van der Waals surface area contributed by atoms with E-state index in [2.05, 4.69) is 39.8 Å². The lowest BCUT2D eigenvalue weighted by atomic mass is 9.98. The van der Waals surface area contributed by atoms with E-state index >= 15 is 0 Å². The maximum Gasteiger partial charge on any atom is 0.269 e. The van der Waals surface area contributed by atoms with Crippen molar-refractivity contribution in [2.75, 3.05) is 0 Å². The van der Waals surface area contributed by atoms with E-state index in [1.54, 1.807) is 24.5 Å². The number of amides is 1. The van der Waals surface area contributed by atoms with Crippen molar-refractivity contribution in [1.29, 1.82) is 0 Å². The molecule has 0 aliphatic rings. The van der Waals surface area contributed by atoms with E-state index < -0.39 is 4.92 Å². The van der Waals surface area contributed by atoms with Gasteiger partial charge in [0.1, 0.15) is 0 Å². The summed E-state index contributed by atoms with van der Waals surface area (Å²) in [6.45, 7) is 1.06. The van der Waals surface area contributed by atoms with Crippen molar-refractivity contribution >= 4 is 11.6 Å². The van der Waals surface area contributed by atoms with Gasteiger partial charge in [-0.2, -0.15) is 10.2 Å². The third-order valence-electron chi connectivity index (χ3n) is 5.80. The summed E-state index contributed by atoms with van der Waals surface area (Å²) in [6, 6.07) is 24.2. The third kappa shape index (κ3) is 5.05. The average molecular weight is 479 g/mol. The molecular formula is C27H22N6O3. The fourth-order valence-electron chi connectivity index (χ4n) is 3.91. The molecular weight excluding hydrogens is 456 g/mol. The summed E-state index contributed by atoms with van der Waals surface area (Å²) in [5.41, 5.74) is 5.27. The van der Waals surface area contributed by atoms with E-state index in [0.717, 1.165) is 22.3 Å². The van der Waals surface area contributed by atoms with Gasteiger partial charge in [-0.1, -0.05) is 48.5 Å². The van der Waals surface area contributed by atoms with Crippen LogP contribution in [0, 0.1) is 10.1 Å². The van der Waals surface area contributed by atoms with Crippen LogP contribution >= 0.6 is 0 Å². The lowest BCUT2D eigenvalue weighted by Gasteiger charge is -2.11. The number of carbonyl (C=O) groups is 1. The fourth-order valence-corrected chi connectivity index (χ4v) is 3.91. The molecule has 36 heavy (non-hydrogen) atoms. The summed E-state index contributed by atoms with van der Waals surface area (Å²) in [6.07, 6.45) is 6.77. The van der Waals surface area contributed by atoms with Crippen LogP contribution in [0.4, 0.5) is 5.69 Å². The number of nitro groups is 1. The van der Waals surface area contributed by atoms with Gasteiger partial charge in [0.15, 0.2) is 0 Å². The van der Waals surface area contributed by atoms with E-state index in [1.165, 1.54) is 23.0 Å². The zero-order valence-electron chi connectivity index (χ0n) is 19.2. The van der Waals surface area contributed by atoms with Crippen molar-refractivity contribution in [2.45, 2.75) is 13.1 Å². The van der Waals surface area contributed by atoms with Gasteiger partial charge in [0.25, 0.3) is 11.6 Å². The summed E-state index contributed by atoms with van der Waals surface area (Å²) < 4.78 is 3.39. The first-order valence-corrected chi connectivity index (χ1v) is 11.3. The van der Waals surface area contributed by atoms with Crippen molar-refractivity contribution in [3.63, 3.8) is 0 Å². The molecule has 9 nitrogen and oxygen atoms in total. The second-order valence-electron chi connectivity index (χ2n) is 8.19. The molecule has 2 heterocycles. The molecule has 5 aromatic rings. The van der Waals surface area contributed by atoms with Crippen LogP contribution in [0.1, 0.15) is 21.5 Å². The fraction of sp³-hybridized carbons (Fsp3) is 0.0741. The molecule has 2 aromatic heterocycles. The molecule has 0 bridgehead atoms. The minimum atomic E-state index is -0.459. The molecule has 1 N–H and O–H groups in total. The Morgan fingerprint density at radius 3 is 2.44 bits per heavy atom. The molecule has 3 aromatic carbocycles. The number of nitrogens with zero attached hydrogens (tertiary/aromatic N) is 5. The third-order valence-corrected chi connectivity index (χ3v) is 5.80. The quantitative estimate of drug-likeness (QED) is 0.259. The van der Waals surface area contributed by atoms with Crippen LogP contribution in [0.2, 0.25) is 0 Å². The largest absolute Gasteiger partial charge is 0.348 e. The Morgan fingerprint density at radius 2 is 1.72 bits per heavy atom. The topological polar surface area (TPSA) is 108 Å². The summed E-state index contributed by atoms with van der Waals surface area (Å²) in [5.74, 6) is -0.257. The van der Waals surface area contributed by atoms with Crippen LogP contribution in [0.25, 0.3) is 16.8 Å². The number of hydrogen-bond acceptors (Lipinski definition) is 5. The van der Waals surface area contributed by atoms with Gasteiger partial charge >= 0.3 is 0 Å². The Morgan fingerprint density at radius 1 is 0.944 bits per heavy atom. The van der Waals surface area contributed by atoms with Crippen LogP contribution in [0.3, 0.4) is 0 Å². The minimum absolute atomic E-state index is 0.00455. The van der Waals surface area contributed by atoms with Gasteiger partial charge < -0.3 is 5.32 Å². The highest BCUT2D eigenvalue weighted by atomic mass is 16.6. The van der Waals surface area contributed by atoms with Gasteiger partial charge in [-0.25, -0.2) is 4.68 Å². The molecule has 9 heteroatoms. The standard InChI is InChI=1S/C27H22N6O3/c34-27(23-17-30-32(19-23)24-10-12-25(13-11-24)33(35)36)28-16-22-4-1-2-5-26(22)21-8-6-20(7-9-21)18-31-15-3-14-29-31/h1-15,17,19H,16,18H2,(H,28,34). The molecule has 0 spiro atoms. The molecule has 0 aliphatic heterocycles. The number of hydrogen-bond donors (Lipinski definition) is 1. The van der Waals surface area contributed by atoms with Gasteiger partial charge in [-0.3, -0.25) is 19.6 Å². The zero-order valence-corrected chi connectivity index (χ0v) is 19.2. The Kier molecular flexibility index (Phi) is 6.35. The summed E-state index contributed by atoms with van der Waals surface area (Å²) in [7, 11) is 0. The molecule has 0 unspecified atom stereocenters. The Hall–Kier alpha value is -5.05. The summed E-state index contributed by atoms with van der Waals surface area (Å²) >= 11 is 0. The first-order valence-electron chi connectivity index (χ1n) is 11.3. The van der Waals surface area contributed by atoms with E-state index in [4.69, 9.17) is 0 Å². The maximum atomic E-state index is 12.8. The molecule has 5 rings (SSSR count). The first-order chi connectivity index (χ1) is 17.6. The van der Waals surface area contributed by atoms with Gasteiger partial charge in [0, 0.05) is 37.3 Å². The molecule has 0 fully saturated rings. The van der Waals surface area contributed by atoms with Gasteiger partial charge in [-0.15, -0.1) is 0 Å². The number of nitrogens with one attached hydrogen (secondary N) is 1. The highest BCUT2D eigenvalue weighted by Gasteiger charge is 2.12. The van der Waals surface area contributed by atoms with E-state index in [9.17, 15) is 14.9 Å². The van der Waals surface area contributed by atoms with Crippen molar-refractivity contribution in [1.82, 2.24) is 24.9 Å². The van der Waals surface area contributed by atoms with Crippen LogP contribution in [-0.2, 0) is 13.1 Å². The summed E-state index contributed by atoms with van der Waals surface area (Å²) in [5, 5.41) is 22.3. The van der Waals surface area contributed by atoms with Crippen molar-refractivity contribution in [3.05, 3.63) is 130 Å². The number of non-ortho nitro benzene ring substituents is 1. The second kappa shape index (κ2) is 10.1. The van der Waals surface area contributed by atoms with Crippen LogP contribution < -0.4 is 5.32 Å². The maximum absolute atomic E-state index is 12.8. The summed E-state index contributed by atoms with van der Waals surface area (Å²) in [4.78, 5) is 23.2. The van der Waals surface area contributed by atoms with Crippen molar-refractivity contribution in [3.8, 4) is 16.8 Å². The smallest absolute Gasteiger partial charge is 0.269 e. The van der Waals surface area contributed by atoms with E-state index in [0.29, 0.717) is 24.3 Å². The van der Waals surface area contributed by atoms with Crippen molar-refractivity contribution in [2.24, 2.45) is 0 Å². The zero-order chi connectivity index (χ0) is 24.9.